The molecule has 12 rings (SSSR count). The summed E-state index contributed by atoms with van der Waals surface area (Å²) in [7, 11) is 0. The first-order valence-corrected chi connectivity index (χ1v) is 18.8. The lowest BCUT2D eigenvalue weighted by atomic mass is 9.33. The molecule has 2 aliphatic heterocycles. The highest BCUT2D eigenvalue weighted by Crippen LogP contribution is 2.48. The summed E-state index contributed by atoms with van der Waals surface area (Å²) in [6.45, 7) is -0.0390. The molecule has 0 radical (unpaired) electrons. The predicted octanol–water partition coefficient (Wildman–Crippen LogP) is 11.7. The zero-order valence-electron chi connectivity index (χ0n) is 28.4. The molecule has 246 valence electrons. The summed E-state index contributed by atoms with van der Waals surface area (Å²) < 4.78 is 16.4. The summed E-state index contributed by atoms with van der Waals surface area (Å²) >= 11 is 1.81. The Morgan fingerprint density at radius 1 is 0.396 bits per heavy atom. The molecule has 0 saturated heterocycles. The first kappa shape index (κ1) is 29.1. The fourth-order valence-corrected chi connectivity index (χ4v) is 9.99. The Morgan fingerprint density at radius 3 is 1.68 bits per heavy atom. The van der Waals surface area contributed by atoms with E-state index >= 15 is 0 Å². The molecule has 3 nitrogen and oxygen atoms in total. The van der Waals surface area contributed by atoms with E-state index in [2.05, 4.69) is 175 Å². The Balaban J connectivity index is 1.10. The quantitative estimate of drug-likeness (QED) is 0.172. The fraction of sp³-hybridized carbons (Fsp3) is 0. The molecule has 53 heavy (non-hydrogen) atoms. The largest absolute Gasteiger partial charge is 0.458 e. The van der Waals surface area contributed by atoms with Crippen LogP contribution in [0.4, 0.5) is 17.1 Å². The highest BCUT2D eigenvalue weighted by molar-refractivity contribution is 7.26. The third-order valence-corrected chi connectivity index (χ3v) is 12.3. The third-order valence-electron chi connectivity index (χ3n) is 11.1. The zero-order chi connectivity index (χ0) is 34.6. The normalized spacial score (nSPS) is 12.8. The maximum absolute atomic E-state index is 7.07. The molecule has 0 aliphatic carbocycles. The number of ether oxygens (including phenoxy) is 2. The van der Waals surface area contributed by atoms with Crippen molar-refractivity contribution in [2.45, 2.75) is 0 Å². The summed E-state index contributed by atoms with van der Waals surface area (Å²) in [4.78, 5) is 2.32. The summed E-state index contributed by atoms with van der Waals surface area (Å²) in [6, 6.07) is 60.9. The van der Waals surface area contributed by atoms with Crippen LogP contribution in [-0.2, 0) is 0 Å². The van der Waals surface area contributed by atoms with Gasteiger partial charge in [0.1, 0.15) is 23.0 Å². The minimum absolute atomic E-state index is 0.0390. The van der Waals surface area contributed by atoms with E-state index in [1.54, 1.807) is 0 Å². The number of anilines is 3. The minimum atomic E-state index is -0.0390. The molecule has 0 fully saturated rings. The van der Waals surface area contributed by atoms with Gasteiger partial charge in [0.2, 0.25) is 0 Å². The Hall–Kier alpha value is -6.56. The Labute approximate surface area is 310 Å². The van der Waals surface area contributed by atoms with Gasteiger partial charge in [-0.2, -0.15) is 0 Å². The molecule has 3 heterocycles. The topological polar surface area (TPSA) is 21.7 Å². The van der Waals surface area contributed by atoms with Crippen LogP contribution >= 0.6 is 11.3 Å². The van der Waals surface area contributed by atoms with Gasteiger partial charge in [-0.1, -0.05) is 103 Å². The number of nitrogens with zero attached hydrogens (tertiary/aromatic N) is 1. The van der Waals surface area contributed by atoms with Crippen LogP contribution in [0.2, 0.25) is 0 Å². The lowest BCUT2D eigenvalue weighted by Crippen LogP contribution is -2.57. The molecule has 0 atom stereocenters. The minimum Gasteiger partial charge on any atom is -0.458 e. The van der Waals surface area contributed by atoms with E-state index in [1.165, 1.54) is 53.3 Å². The predicted molar refractivity (Wildman–Crippen MR) is 224 cm³/mol. The molecule has 0 N–H and O–H groups in total. The van der Waals surface area contributed by atoms with Gasteiger partial charge in [-0.3, -0.25) is 0 Å². The van der Waals surface area contributed by atoms with E-state index in [0.29, 0.717) is 0 Å². The molecule has 0 spiro atoms. The maximum Gasteiger partial charge on any atom is 0.262 e. The van der Waals surface area contributed by atoms with Crippen LogP contribution in [0.25, 0.3) is 52.5 Å². The molecule has 9 aromatic carbocycles. The number of hydrogen-bond acceptors (Lipinski definition) is 4. The average molecular weight is 694 g/mol. The molecule has 1 aromatic heterocycles. The molecular formula is C48H28BNO2S. The SMILES string of the molecule is c1ccc(N(c2ccccc2)c2ccc3cc4c(cc3c2)sc2c3c5c(cc24)Oc2ccc4ccccc4c2B5c2c(ccc4ccccc24)O3)cc1. The molecule has 5 heteroatoms. The van der Waals surface area contributed by atoms with Crippen LogP contribution in [0.3, 0.4) is 0 Å². The lowest BCUT2D eigenvalue weighted by Gasteiger charge is -2.34. The Bertz CT molecular complexity index is 3050. The smallest absolute Gasteiger partial charge is 0.262 e. The van der Waals surface area contributed by atoms with Crippen LogP contribution in [0.15, 0.2) is 170 Å². The van der Waals surface area contributed by atoms with Crippen molar-refractivity contribution in [3.05, 3.63) is 170 Å². The molecule has 2 aliphatic rings. The van der Waals surface area contributed by atoms with E-state index in [1.807, 2.05) is 11.3 Å². The zero-order valence-corrected chi connectivity index (χ0v) is 29.2. The van der Waals surface area contributed by atoms with Crippen molar-refractivity contribution in [2.24, 2.45) is 0 Å². The summed E-state index contributed by atoms with van der Waals surface area (Å²) in [5.74, 6) is 3.60. The summed E-state index contributed by atoms with van der Waals surface area (Å²) in [5.41, 5.74) is 6.90. The molecule has 10 aromatic rings. The van der Waals surface area contributed by atoms with Crippen LogP contribution in [-0.4, -0.2) is 6.71 Å². The van der Waals surface area contributed by atoms with Crippen molar-refractivity contribution in [3.8, 4) is 23.0 Å². The van der Waals surface area contributed by atoms with Gasteiger partial charge < -0.3 is 14.4 Å². The van der Waals surface area contributed by atoms with Gasteiger partial charge >= 0.3 is 0 Å². The summed E-state index contributed by atoms with van der Waals surface area (Å²) in [5, 5.41) is 9.61. The van der Waals surface area contributed by atoms with Gasteiger partial charge in [-0.15, -0.1) is 11.3 Å². The van der Waals surface area contributed by atoms with E-state index in [0.717, 1.165) is 55.6 Å². The number of hydrogen-bond donors (Lipinski definition) is 0. The van der Waals surface area contributed by atoms with Crippen LogP contribution in [0.5, 0.6) is 23.0 Å². The van der Waals surface area contributed by atoms with Crippen LogP contribution < -0.4 is 30.8 Å². The number of fused-ring (bicyclic) bond motifs is 13. The fourth-order valence-electron chi connectivity index (χ4n) is 8.79. The molecule has 0 amide bonds. The number of thiophene rings is 1. The average Bonchev–Trinajstić information content (AvgIpc) is 3.57. The van der Waals surface area contributed by atoms with Crippen molar-refractivity contribution < 1.29 is 9.47 Å². The number of para-hydroxylation sites is 2. The Kier molecular flexibility index (Phi) is 6.02. The van der Waals surface area contributed by atoms with Gasteiger partial charge in [0.15, 0.2) is 0 Å². The van der Waals surface area contributed by atoms with Gasteiger partial charge in [-0.05, 0) is 110 Å². The van der Waals surface area contributed by atoms with Gasteiger partial charge in [-0.25, -0.2) is 0 Å². The second-order valence-electron chi connectivity index (χ2n) is 14.0. The Morgan fingerprint density at radius 2 is 1.00 bits per heavy atom. The van der Waals surface area contributed by atoms with Gasteiger partial charge in [0.25, 0.3) is 6.71 Å². The highest BCUT2D eigenvalue weighted by Gasteiger charge is 2.43. The van der Waals surface area contributed by atoms with Crippen LogP contribution in [0.1, 0.15) is 0 Å². The first-order chi connectivity index (χ1) is 26.3. The van der Waals surface area contributed by atoms with Crippen LogP contribution in [0, 0.1) is 0 Å². The van der Waals surface area contributed by atoms with Crippen molar-refractivity contribution in [3.63, 3.8) is 0 Å². The number of rotatable bonds is 3. The second kappa shape index (κ2) is 11.0. The molecule has 0 saturated carbocycles. The van der Waals surface area contributed by atoms with Crippen molar-refractivity contribution >= 4 is 104 Å². The van der Waals surface area contributed by atoms with E-state index in [4.69, 9.17) is 9.47 Å². The van der Waals surface area contributed by atoms with E-state index in [9.17, 15) is 0 Å². The molecule has 0 bridgehead atoms. The van der Waals surface area contributed by atoms with E-state index < -0.39 is 0 Å². The monoisotopic (exact) mass is 693 g/mol. The third kappa shape index (κ3) is 4.23. The second-order valence-corrected chi connectivity index (χ2v) is 15.1. The molecular weight excluding hydrogens is 665 g/mol. The van der Waals surface area contributed by atoms with Gasteiger partial charge in [0, 0.05) is 38.0 Å². The van der Waals surface area contributed by atoms with E-state index in [-0.39, 0.29) is 6.71 Å². The number of benzene rings is 9. The summed E-state index contributed by atoms with van der Waals surface area (Å²) in [6.07, 6.45) is 0. The standard InChI is InChI=1S/C48H28BNO2S/c1-3-13-33(14-4-1)50(34-15-5-2-6-16-34)35-22-19-31-26-38-39-28-42-46-47(48(39)53-43(38)27-32(31)25-35)52-41-24-21-30-12-8-10-18-37(30)45(41)49(46)44-36-17-9-7-11-29(36)20-23-40(44)51-42/h1-28H. The van der Waals surface area contributed by atoms with Crippen molar-refractivity contribution in [2.75, 3.05) is 4.90 Å². The maximum atomic E-state index is 7.07. The first-order valence-electron chi connectivity index (χ1n) is 18.0. The van der Waals surface area contributed by atoms with Crippen molar-refractivity contribution in [1.82, 2.24) is 0 Å². The highest BCUT2D eigenvalue weighted by atomic mass is 32.1. The van der Waals surface area contributed by atoms with Gasteiger partial charge in [0.05, 0.1) is 4.70 Å². The van der Waals surface area contributed by atoms with Crippen molar-refractivity contribution in [1.29, 1.82) is 0 Å². The lowest BCUT2D eigenvalue weighted by molar-refractivity contribution is 0.470. The molecule has 0 unspecified atom stereocenters.